The molecule has 32 heavy (non-hydrogen) atoms. The number of nitrogens with one attached hydrogen (secondary N) is 1. The zero-order valence-corrected chi connectivity index (χ0v) is 18.3. The van der Waals surface area contributed by atoms with Crippen LogP contribution in [-0.2, 0) is 6.54 Å². The number of thiazole rings is 1. The number of anilines is 2. The highest BCUT2D eigenvalue weighted by Crippen LogP contribution is 2.28. The van der Waals surface area contributed by atoms with E-state index in [1.54, 1.807) is 12.4 Å². The van der Waals surface area contributed by atoms with Gasteiger partial charge in [0.1, 0.15) is 5.69 Å². The van der Waals surface area contributed by atoms with Crippen LogP contribution in [0.25, 0.3) is 5.57 Å². The van der Waals surface area contributed by atoms with Crippen LogP contribution < -0.4 is 10.2 Å². The standard InChI is InChI=1S/C25H23N5OS/c31-24(23-7-4-14-30(23)17-19-8-12-26-13-9-19)28-25-27-22(18-32-25)20-10-15-29(16-11-20)21-5-2-1-3-6-21/h1-10,12-14,18H,11,15-17H2,(H,27,28,31). The Morgan fingerprint density at radius 1 is 1.06 bits per heavy atom. The molecule has 160 valence electrons. The third kappa shape index (κ3) is 4.48. The number of nitrogens with zero attached hydrogens (tertiary/aromatic N) is 4. The predicted octanol–water partition coefficient (Wildman–Crippen LogP) is 4.93. The molecule has 0 saturated heterocycles. The first-order chi connectivity index (χ1) is 15.8. The van der Waals surface area contributed by atoms with Gasteiger partial charge in [0, 0.05) is 49.3 Å². The van der Waals surface area contributed by atoms with Crippen LogP contribution in [0.15, 0.2) is 84.6 Å². The van der Waals surface area contributed by atoms with E-state index in [2.05, 4.69) is 50.5 Å². The second-order valence-electron chi connectivity index (χ2n) is 7.63. The number of aromatic nitrogens is 3. The van der Waals surface area contributed by atoms with Crippen LogP contribution in [0.5, 0.6) is 0 Å². The van der Waals surface area contributed by atoms with Crippen molar-refractivity contribution in [1.29, 1.82) is 0 Å². The molecule has 0 unspecified atom stereocenters. The van der Waals surface area contributed by atoms with Crippen molar-refractivity contribution in [3.63, 3.8) is 0 Å². The monoisotopic (exact) mass is 441 g/mol. The molecule has 1 aliphatic heterocycles. The fraction of sp³-hybridized carbons (Fsp3) is 0.160. The van der Waals surface area contributed by atoms with E-state index < -0.39 is 0 Å². The summed E-state index contributed by atoms with van der Waals surface area (Å²) >= 11 is 1.46. The Bertz CT molecular complexity index is 1230. The lowest BCUT2D eigenvalue weighted by Gasteiger charge is -2.28. The van der Waals surface area contributed by atoms with Crippen LogP contribution in [0.4, 0.5) is 10.8 Å². The lowest BCUT2D eigenvalue weighted by atomic mass is 10.1. The molecule has 0 aliphatic carbocycles. The van der Waals surface area contributed by atoms with E-state index in [1.165, 1.54) is 22.6 Å². The molecule has 1 N–H and O–H groups in total. The molecule has 0 radical (unpaired) electrons. The number of rotatable bonds is 6. The summed E-state index contributed by atoms with van der Waals surface area (Å²) in [7, 11) is 0. The summed E-state index contributed by atoms with van der Waals surface area (Å²) < 4.78 is 1.93. The molecule has 0 saturated carbocycles. The molecule has 4 heterocycles. The molecule has 5 rings (SSSR count). The van der Waals surface area contributed by atoms with E-state index in [-0.39, 0.29) is 5.91 Å². The van der Waals surface area contributed by atoms with Crippen molar-refractivity contribution in [2.24, 2.45) is 0 Å². The maximum Gasteiger partial charge on any atom is 0.274 e. The van der Waals surface area contributed by atoms with Gasteiger partial charge < -0.3 is 9.47 Å². The molecule has 1 amide bonds. The Morgan fingerprint density at radius 2 is 1.91 bits per heavy atom. The summed E-state index contributed by atoms with van der Waals surface area (Å²) in [5.41, 5.74) is 5.12. The first kappa shape index (κ1) is 20.2. The lowest BCUT2D eigenvalue weighted by molar-refractivity contribution is 0.101. The topological polar surface area (TPSA) is 63.1 Å². The average Bonchev–Trinajstić information content (AvgIpc) is 3.50. The van der Waals surface area contributed by atoms with Crippen molar-refractivity contribution in [1.82, 2.24) is 14.5 Å². The minimum absolute atomic E-state index is 0.155. The average molecular weight is 442 g/mol. The molecule has 0 bridgehead atoms. The SMILES string of the molecule is O=C(Nc1nc(C2=CCN(c3ccccc3)CC2)cs1)c1cccn1Cc1ccncc1. The smallest absolute Gasteiger partial charge is 0.274 e. The highest BCUT2D eigenvalue weighted by molar-refractivity contribution is 7.14. The largest absolute Gasteiger partial charge is 0.367 e. The van der Waals surface area contributed by atoms with Crippen LogP contribution in [0.2, 0.25) is 0 Å². The Hall–Kier alpha value is -3.71. The third-order valence-corrected chi connectivity index (χ3v) is 6.31. The van der Waals surface area contributed by atoms with Crippen molar-refractivity contribution < 1.29 is 4.79 Å². The Morgan fingerprint density at radius 3 is 2.69 bits per heavy atom. The minimum Gasteiger partial charge on any atom is -0.367 e. The zero-order valence-electron chi connectivity index (χ0n) is 17.5. The molecule has 3 aromatic heterocycles. The second-order valence-corrected chi connectivity index (χ2v) is 8.49. The summed E-state index contributed by atoms with van der Waals surface area (Å²) in [6.45, 7) is 2.44. The van der Waals surface area contributed by atoms with Crippen molar-refractivity contribution in [3.05, 3.63) is 102 Å². The number of benzene rings is 1. The fourth-order valence-corrected chi connectivity index (χ4v) is 4.59. The van der Waals surface area contributed by atoms with Crippen LogP contribution in [-0.4, -0.2) is 33.5 Å². The summed E-state index contributed by atoms with van der Waals surface area (Å²) in [5, 5.41) is 5.60. The quantitative estimate of drug-likeness (QED) is 0.461. The number of hydrogen-bond donors (Lipinski definition) is 1. The van der Waals surface area contributed by atoms with Crippen molar-refractivity contribution >= 4 is 33.6 Å². The van der Waals surface area contributed by atoms with Gasteiger partial charge in [-0.1, -0.05) is 24.3 Å². The molecular weight excluding hydrogens is 418 g/mol. The van der Waals surface area contributed by atoms with Crippen LogP contribution >= 0.6 is 11.3 Å². The number of carbonyl (C=O) groups is 1. The van der Waals surface area contributed by atoms with E-state index in [9.17, 15) is 4.79 Å². The van der Waals surface area contributed by atoms with E-state index in [4.69, 9.17) is 0 Å². The van der Waals surface area contributed by atoms with Gasteiger partial charge in [0.15, 0.2) is 5.13 Å². The van der Waals surface area contributed by atoms with Crippen molar-refractivity contribution in [2.75, 3.05) is 23.3 Å². The number of amides is 1. The molecule has 1 aromatic carbocycles. The van der Waals surface area contributed by atoms with Gasteiger partial charge in [-0.3, -0.25) is 15.1 Å². The molecular formula is C25H23N5OS. The van der Waals surface area contributed by atoms with Gasteiger partial charge >= 0.3 is 0 Å². The van der Waals surface area contributed by atoms with Crippen LogP contribution in [0, 0.1) is 0 Å². The summed E-state index contributed by atoms with van der Waals surface area (Å²) in [6, 6.07) is 18.1. The first-order valence-electron chi connectivity index (χ1n) is 10.6. The molecule has 4 aromatic rings. The Balaban J connectivity index is 1.24. The number of carbonyl (C=O) groups excluding carboxylic acids is 1. The van der Waals surface area contributed by atoms with Crippen LogP contribution in [0.1, 0.15) is 28.2 Å². The van der Waals surface area contributed by atoms with E-state index >= 15 is 0 Å². The highest BCUT2D eigenvalue weighted by atomic mass is 32.1. The first-order valence-corrected chi connectivity index (χ1v) is 11.4. The van der Waals surface area contributed by atoms with E-state index in [0.717, 1.165) is 30.8 Å². The van der Waals surface area contributed by atoms with Gasteiger partial charge in [0.05, 0.1) is 5.69 Å². The predicted molar refractivity (Wildman–Crippen MR) is 129 cm³/mol. The van der Waals surface area contributed by atoms with Crippen molar-refractivity contribution in [2.45, 2.75) is 13.0 Å². The number of hydrogen-bond acceptors (Lipinski definition) is 5. The van der Waals surface area contributed by atoms with E-state index in [1.807, 2.05) is 46.5 Å². The van der Waals surface area contributed by atoms with E-state index in [0.29, 0.717) is 17.4 Å². The summed E-state index contributed by atoms with van der Waals surface area (Å²) in [5.74, 6) is -0.155. The third-order valence-electron chi connectivity index (χ3n) is 5.55. The van der Waals surface area contributed by atoms with Gasteiger partial charge in [0.2, 0.25) is 0 Å². The molecule has 7 heteroatoms. The zero-order chi connectivity index (χ0) is 21.8. The summed E-state index contributed by atoms with van der Waals surface area (Å²) in [4.78, 5) is 24.0. The maximum absolute atomic E-state index is 12.9. The number of pyridine rings is 1. The molecule has 0 fully saturated rings. The van der Waals surface area contributed by atoms with Gasteiger partial charge in [-0.2, -0.15) is 0 Å². The second kappa shape index (κ2) is 9.20. The molecule has 1 aliphatic rings. The molecule has 0 spiro atoms. The van der Waals surface area contributed by atoms with Crippen LogP contribution in [0.3, 0.4) is 0 Å². The molecule has 6 nitrogen and oxygen atoms in total. The highest BCUT2D eigenvalue weighted by Gasteiger charge is 2.17. The van der Waals surface area contributed by atoms with Gasteiger partial charge in [0.25, 0.3) is 5.91 Å². The Labute approximate surface area is 190 Å². The van der Waals surface area contributed by atoms with Crippen molar-refractivity contribution in [3.8, 4) is 0 Å². The normalized spacial score (nSPS) is 13.6. The molecule has 0 atom stereocenters. The van der Waals surface area contributed by atoms with Gasteiger partial charge in [-0.05, 0) is 54.0 Å². The summed E-state index contributed by atoms with van der Waals surface area (Å²) in [6.07, 6.45) is 8.59. The van der Waals surface area contributed by atoms with Gasteiger partial charge in [-0.15, -0.1) is 11.3 Å². The minimum atomic E-state index is -0.155. The fourth-order valence-electron chi connectivity index (χ4n) is 3.86. The Kier molecular flexibility index (Phi) is 5.81. The number of para-hydroxylation sites is 1. The van der Waals surface area contributed by atoms with Gasteiger partial charge in [-0.25, -0.2) is 4.98 Å². The maximum atomic E-state index is 12.9. The lowest BCUT2D eigenvalue weighted by Crippen LogP contribution is -2.28.